The molecule has 1 aromatic heterocycles. The van der Waals surface area contributed by atoms with E-state index in [1.165, 1.54) is 33.0 Å². The van der Waals surface area contributed by atoms with Crippen molar-refractivity contribution in [3.05, 3.63) is 95.7 Å². The molecule has 0 radical (unpaired) electrons. The molecule has 0 saturated carbocycles. The Hall–Kier alpha value is -3.13. The second-order valence-corrected chi connectivity index (χ2v) is 8.06. The molecular formula is C26H23NO. The summed E-state index contributed by atoms with van der Waals surface area (Å²) >= 11 is 0. The van der Waals surface area contributed by atoms with Gasteiger partial charge in [0.15, 0.2) is 0 Å². The Balaban J connectivity index is 1.69. The van der Waals surface area contributed by atoms with Crippen LogP contribution in [0.5, 0.6) is 5.75 Å². The molecule has 0 saturated heterocycles. The Labute approximate surface area is 165 Å². The number of aromatic nitrogens is 1. The van der Waals surface area contributed by atoms with Crippen molar-refractivity contribution in [1.29, 1.82) is 0 Å². The van der Waals surface area contributed by atoms with Gasteiger partial charge < -0.3 is 4.74 Å². The molecule has 0 aliphatic carbocycles. The van der Waals surface area contributed by atoms with E-state index in [1.807, 2.05) is 12.3 Å². The molecule has 2 heteroatoms. The highest BCUT2D eigenvalue weighted by molar-refractivity contribution is 5.90. The van der Waals surface area contributed by atoms with Crippen molar-refractivity contribution < 1.29 is 4.74 Å². The summed E-state index contributed by atoms with van der Waals surface area (Å²) in [6.07, 6.45) is 2.89. The van der Waals surface area contributed by atoms with Crippen molar-refractivity contribution in [2.75, 3.05) is 6.61 Å². The number of rotatable bonds is 3. The first-order chi connectivity index (χ1) is 13.6. The van der Waals surface area contributed by atoms with Gasteiger partial charge in [0.25, 0.3) is 0 Å². The maximum absolute atomic E-state index is 6.04. The van der Waals surface area contributed by atoms with Gasteiger partial charge in [-0.25, -0.2) is 0 Å². The van der Waals surface area contributed by atoms with E-state index in [1.54, 1.807) is 0 Å². The van der Waals surface area contributed by atoms with E-state index < -0.39 is 0 Å². The average Bonchev–Trinajstić information content (AvgIpc) is 3.06. The molecule has 138 valence electrons. The zero-order valence-electron chi connectivity index (χ0n) is 16.3. The van der Waals surface area contributed by atoms with Gasteiger partial charge in [0, 0.05) is 28.1 Å². The summed E-state index contributed by atoms with van der Waals surface area (Å²) < 4.78 is 6.04. The van der Waals surface area contributed by atoms with Crippen LogP contribution in [0, 0.1) is 6.92 Å². The van der Waals surface area contributed by atoms with E-state index in [0.29, 0.717) is 6.61 Å². The molecule has 0 bridgehead atoms. The molecular weight excluding hydrogens is 342 g/mol. The first-order valence-electron chi connectivity index (χ1n) is 9.80. The lowest BCUT2D eigenvalue weighted by molar-refractivity contribution is 0.277. The lowest BCUT2D eigenvalue weighted by Crippen LogP contribution is -2.27. The molecule has 4 aromatic rings. The molecule has 0 fully saturated rings. The fourth-order valence-corrected chi connectivity index (χ4v) is 4.31. The Morgan fingerprint density at radius 3 is 2.54 bits per heavy atom. The third-order valence-electron chi connectivity index (χ3n) is 5.88. The molecule has 0 N–H and O–H groups in total. The second kappa shape index (κ2) is 6.49. The summed E-state index contributed by atoms with van der Waals surface area (Å²) in [7, 11) is 0. The van der Waals surface area contributed by atoms with E-state index in [-0.39, 0.29) is 5.41 Å². The molecule has 5 rings (SSSR count). The maximum Gasteiger partial charge on any atom is 0.123 e. The van der Waals surface area contributed by atoms with Gasteiger partial charge >= 0.3 is 0 Å². The van der Waals surface area contributed by atoms with E-state index in [9.17, 15) is 0 Å². The number of hydrogen-bond donors (Lipinski definition) is 0. The highest BCUT2D eigenvalue weighted by Crippen LogP contribution is 2.43. The van der Waals surface area contributed by atoms with Gasteiger partial charge in [-0.1, -0.05) is 79.2 Å². The van der Waals surface area contributed by atoms with Crippen LogP contribution in [0.25, 0.3) is 22.0 Å². The number of nitrogens with zero attached hydrogens (tertiary/aromatic N) is 1. The van der Waals surface area contributed by atoms with Crippen LogP contribution in [0.2, 0.25) is 0 Å². The summed E-state index contributed by atoms with van der Waals surface area (Å²) in [5, 5.41) is 2.46. The van der Waals surface area contributed by atoms with E-state index in [2.05, 4.69) is 80.6 Å². The van der Waals surface area contributed by atoms with Crippen LogP contribution in [-0.4, -0.2) is 11.6 Å². The van der Waals surface area contributed by atoms with Crippen LogP contribution in [0.1, 0.15) is 23.6 Å². The maximum atomic E-state index is 6.04. The number of pyridine rings is 1. The van der Waals surface area contributed by atoms with Gasteiger partial charge in [0.05, 0.1) is 12.3 Å². The molecule has 1 aliphatic heterocycles. The van der Waals surface area contributed by atoms with Crippen LogP contribution in [-0.2, 0) is 11.8 Å². The quantitative estimate of drug-likeness (QED) is 0.437. The largest absolute Gasteiger partial charge is 0.492 e. The number of hydrogen-bond acceptors (Lipinski definition) is 2. The van der Waals surface area contributed by atoms with E-state index >= 15 is 0 Å². The highest BCUT2D eigenvalue weighted by atomic mass is 16.5. The molecule has 0 amide bonds. The van der Waals surface area contributed by atoms with E-state index in [0.717, 1.165) is 17.9 Å². The summed E-state index contributed by atoms with van der Waals surface area (Å²) in [5.74, 6) is 1.01. The highest BCUT2D eigenvalue weighted by Gasteiger charge is 2.37. The molecule has 2 nitrogen and oxygen atoms in total. The zero-order chi connectivity index (χ0) is 19.1. The van der Waals surface area contributed by atoms with E-state index in [4.69, 9.17) is 9.72 Å². The van der Waals surface area contributed by atoms with Crippen LogP contribution < -0.4 is 4.74 Å². The molecule has 1 unspecified atom stereocenters. The smallest absolute Gasteiger partial charge is 0.123 e. The number of benzene rings is 3. The van der Waals surface area contributed by atoms with Gasteiger partial charge in [-0.2, -0.15) is 0 Å². The topological polar surface area (TPSA) is 22.1 Å². The summed E-state index contributed by atoms with van der Waals surface area (Å²) in [4.78, 5) is 4.90. The first kappa shape index (κ1) is 17.0. The van der Waals surface area contributed by atoms with Crippen molar-refractivity contribution in [2.45, 2.75) is 25.7 Å². The predicted octanol–water partition coefficient (Wildman–Crippen LogP) is 6.10. The number of aryl methyl sites for hydroxylation is 1. The molecule has 0 spiro atoms. The first-order valence-corrected chi connectivity index (χ1v) is 9.80. The molecule has 3 aromatic carbocycles. The Morgan fingerprint density at radius 2 is 1.68 bits per heavy atom. The number of fused-ring (bicyclic) bond motifs is 2. The van der Waals surface area contributed by atoms with Crippen LogP contribution in [0.15, 0.2) is 79.0 Å². The van der Waals surface area contributed by atoms with Gasteiger partial charge in [-0.05, 0) is 30.4 Å². The average molecular weight is 365 g/mol. The zero-order valence-corrected chi connectivity index (χ0v) is 16.3. The minimum Gasteiger partial charge on any atom is -0.492 e. The van der Waals surface area contributed by atoms with Crippen LogP contribution in [0.3, 0.4) is 0 Å². The van der Waals surface area contributed by atoms with Gasteiger partial charge in [0.2, 0.25) is 0 Å². The lowest BCUT2D eigenvalue weighted by Gasteiger charge is -2.25. The SMILES string of the molecule is Cc1ccc(-c2ncc3ccccc3c2CC2(C)COc3ccccc32)cc1. The standard InChI is InChI=1S/C26H23NO/c1-18-11-13-19(14-12-18)25-22(21-8-4-3-7-20(21)16-27-25)15-26(2)17-28-24-10-6-5-9-23(24)26/h3-14,16H,15,17H2,1-2H3. The van der Waals surface area contributed by atoms with Crippen molar-refractivity contribution in [3.8, 4) is 17.0 Å². The van der Waals surface area contributed by atoms with Crippen LogP contribution >= 0.6 is 0 Å². The Morgan fingerprint density at radius 1 is 0.929 bits per heavy atom. The third kappa shape index (κ3) is 2.77. The molecule has 28 heavy (non-hydrogen) atoms. The van der Waals surface area contributed by atoms with Crippen molar-refractivity contribution in [1.82, 2.24) is 4.98 Å². The minimum atomic E-state index is -0.0676. The molecule has 2 heterocycles. The Bertz CT molecular complexity index is 1160. The Kier molecular flexibility index (Phi) is 3.94. The lowest BCUT2D eigenvalue weighted by atomic mass is 9.77. The normalized spacial score (nSPS) is 18.1. The monoisotopic (exact) mass is 365 g/mol. The second-order valence-electron chi connectivity index (χ2n) is 8.06. The fourth-order valence-electron chi connectivity index (χ4n) is 4.31. The third-order valence-corrected chi connectivity index (χ3v) is 5.88. The van der Waals surface area contributed by atoms with Gasteiger partial charge in [0.1, 0.15) is 5.75 Å². The number of para-hydroxylation sites is 1. The molecule has 1 atom stereocenters. The summed E-state index contributed by atoms with van der Waals surface area (Å²) in [6.45, 7) is 5.12. The minimum absolute atomic E-state index is 0.0676. The van der Waals surface area contributed by atoms with Crippen molar-refractivity contribution in [3.63, 3.8) is 0 Å². The predicted molar refractivity (Wildman–Crippen MR) is 115 cm³/mol. The van der Waals surface area contributed by atoms with Gasteiger partial charge in [-0.3, -0.25) is 4.98 Å². The van der Waals surface area contributed by atoms with Crippen molar-refractivity contribution >= 4 is 10.8 Å². The summed E-state index contributed by atoms with van der Waals surface area (Å²) in [5.41, 5.74) is 6.02. The summed E-state index contributed by atoms with van der Waals surface area (Å²) in [6, 6.07) is 25.7. The van der Waals surface area contributed by atoms with Gasteiger partial charge in [-0.15, -0.1) is 0 Å². The number of ether oxygens (including phenoxy) is 1. The van der Waals surface area contributed by atoms with Crippen molar-refractivity contribution in [2.24, 2.45) is 0 Å². The fraction of sp³-hybridized carbons (Fsp3) is 0.192. The van der Waals surface area contributed by atoms with Crippen LogP contribution in [0.4, 0.5) is 0 Å². The molecule has 1 aliphatic rings.